The van der Waals surface area contributed by atoms with E-state index in [0.29, 0.717) is 11.8 Å². The third-order valence-electron chi connectivity index (χ3n) is 4.10. The van der Waals surface area contributed by atoms with E-state index in [0.717, 1.165) is 18.5 Å². The molecule has 0 bridgehead atoms. The van der Waals surface area contributed by atoms with Crippen LogP contribution in [0.15, 0.2) is 53.4 Å². The molecule has 23 heavy (non-hydrogen) atoms. The SMILES string of the molecule is CC(CNC(=O)c1ccc2c(c1)CCN2C)Sc1ccccc1. The molecule has 0 saturated carbocycles. The van der Waals surface area contributed by atoms with Gasteiger partial charge in [-0.1, -0.05) is 25.1 Å². The number of fused-ring (bicyclic) bond motifs is 1. The van der Waals surface area contributed by atoms with E-state index < -0.39 is 0 Å². The van der Waals surface area contributed by atoms with Gasteiger partial charge in [0.1, 0.15) is 0 Å². The van der Waals surface area contributed by atoms with Crippen LogP contribution in [0.1, 0.15) is 22.8 Å². The van der Waals surface area contributed by atoms with Crippen molar-refractivity contribution >= 4 is 23.4 Å². The number of hydrogen-bond donors (Lipinski definition) is 1. The highest BCUT2D eigenvalue weighted by Crippen LogP contribution is 2.27. The lowest BCUT2D eigenvalue weighted by Gasteiger charge is -2.14. The lowest BCUT2D eigenvalue weighted by molar-refractivity contribution is 0.0954. The molecular formula is C19H22N2OS. The molecule has 0 spiro atoms. The number of amides is 1. The smallest absolute Gasteiger partial charge is 0.251 e. The van der Waals surface area contributed by atoms with Crippen molar-refractivity contribution in [1.82, 2.24) is 5.32 Å². The average molecular weight is 326 g/mol. The second kappa shape index (κ2) is 7.09. The first-order chi connectivity index (χ1) is 11.1. The summed E-state index contributed by atoms with van der Waals surface area (Å²) in [7, 11) is 2.09. The summed E-state index contributed by atoms with van der Waals surface area (Å²) < 4.78 is 0. The van der Waals surface area contributed by atoms with Crippen LogP contribution in [0.4, 0.5) is 5.69 Å². The number of thioether (sulfide) groups is 1. The number of anilines is 1. The van der Waals surface area contributed by atoms with Gasteiger partial charge in [-0.15, -0.1) is 11.8 Å². The van der Waals surface area contributed by atoms with Gasteiger partial charge in [0.25, 0.3) is 5.91 Å². The molecule has 1 aliphatic rings. The van der Waals surface area contributed by atoms with Gasteiger partial charge in [0.15, 0.2) is 0 Å². The Morgan fingerprint density at radius 1 is 1.26 bits per heavy atom. The van der Waals surface area contributed by atoms with E-state index in [1.54, 1.807) is 11.8 Å². The molecule has 3 rings (SSSR count). The van der Waals surface area contributed by atoms with E-state index in [-0.39, 0.29) is 5.91 Å². The number of likely N-dealkylation sites (N-methyl/N-ethyl adjacent to an activating group) is 1. The summed E-state index contributed by atoms with van der Waals surface area (Å²) in [5.41, 5.74) is 3.28. The maximum absolute atomic E-state index is 12.3. The van der Waals surface area contributed by atoms with Crippen molar-refractivity contribution in [2.45, 2.75) is 23.5 Å². The quantitative estimate of drug-likeness (QED) is 0.852. The molecule has 2 aromatic carbocycles. The summed E-state index contributed by atoms with van der Waals surface area (Å²) in [6, 6.07) is 16.3. The lowest BCUT2D eigenvalue weighted by atomic mass is 10.1. The zero-order chi connectivity index (χ0) is 16.2. The Kier molecular flexibility index (Phi) is 4.91. The third kappa shape index (κ3) is 3.88. The van der Waals surface area contributed by atoms with Gasteiger partial charge in [-0.25, -0.2) is 0 Å². The molecule has 1 heterocycles. The van der Waals surface area contributed by atoms with Crippen LogP contribution in [0.25, 0.3) is 0 Å². The Labute approximate surface area is 142 Å². The zero-order valence-electron chi connectivity index (χ0n) is 13.6. The van der Waals surface area contributed by atoms with Crippen LogP contribution < -0.4 is 10.2 Å². The van der Waals surface area contributed by atoms with E-state index >= 15 is 0 Å². The number of nitrogens with zero attached hydrogens (tertiary/aromatic N) is 1. The monoisotopic (exact) mass is 326 g/mol. The summed E-state index contributed by atoms with van der Waals surface area (Å²) in [4.78, 5) is 15.8. The molecule has 1 N–H and O–H groups in total. The van der Waals surface area contributed by atoms with Crippen molar-refractivity contribution in [3.8, 4) is 0 Å². The number of hydrogen-bond acceptors (Lipinski definition) is 3. The Morgan fingerprint density at radius 2 is 2.04 bits per heavy atom. The summed E-state index contributed by atoms with van der Waals surface area (Å²) in [5.74, 6) is 0.0165. The number of nitrogens with one attached hydrogen (secondary N) is 1. The molecule has 0 saturated heterocycles. The van der Waals surface area contributed by atoms with Gasteiger partial charge >= 0.3 is 0 Å². The summed E-state index contributed by atoms with van der Waals surface area (Å²) in [5, 5.41) is 3.38. The van der Waals surface area contributed by atoms with E-state index in [2.05, 4.69) is 42.4 Å². The topological polar surface area (TPSA) is 32.3 Å². The first kappa shape index (κ1) is 15.9. The molecule has 2 aromatic rings. The van der Waals surface area contributed by atoms with Gasteiger partial charge in [0.05, 0.1) is 0 Å². The minimum Gasteiger partial charge on any atom is -0.374 e. The van der Waals surface area contributed by atoms with Crippen molar-refractivity contribution in [2.75, 3.05) is 25.0 Å². The lowest BCUT2D eigenvalue weighted by Crippen LogP contribution is -2.29. The fourth-order valence-electron chi connectivity index (χ4n) is 2.82. The van der Waals surface area contributed by atoms with E-state index in [4.69, 9.17) is 0 Å². The van der Waals surface area contributed by atoms with Crippen molar-refractivity contribution in [3.63, 3.8) is 0 Å². The van der Waals surface area contributed by atoms with Crippen LogP contribution in [0.3, 0.4) is 0 Å². The number of benzene rings is 2. The maximum Gasteiger partial charge on any atom is 0.251 e. The van der Waals surface area contributed by atoms with Crippen LogP contribution in [-0.4, -0.2) is 31.3 Å². The first-order valence-corrected chi connectivity index (χ1v) is 8.85. The van der Waals surface area contributed by atoms with Crippen LogP contribution in [0, 0.1) is 0 Å². The second-order valence-electron chi connectivity index (χ2n) is 5.97. The molecule has 120 valence electrons. The second-order valence-corrected chi connectivity index (χ2v) is 7.48. The van der Waals surface area contributed by atoms with Gasteiger partial charge in [-0.05, 0) is 42.3 Å². The maximum atomic E-state index is 12.3. The predicted octanol–water partition coefficient (Wildman–Crippen LogP) is 3.59. The van der Waals surface area contributed by atoms with Crippen molar-refractivity contribution < 1.29 is 4.79 Å². The minimum atomic E-state index is 0.0165. The van der Waals surface area contributed by atoms with Gasteiger partial charge in [0, 0.05) is 41.5 Å². The highest BCUT2D eigenvalue weighted by molar-refractivity contribution is 8.00. The Bertz CT molecular complexity index is 687. The van der Waals surface area contributed by atoms with E-state index in [1.807, 2.05) is 30.3 Å². The Balaban J connectivity index is 1.55. The van der Waals surface area contributed by atoms with Crippen LogP contribution in [-0.2, 0) is 6.42 Å². The molecule has 1 unspecified atom stereocenters. The van der Waals surface area contributed by atoms with Gasteiger partial charge in [0.2, 0.25) is 0 Å². The fourth-order valence-corrected chi connectivity index (χ4v) is 3.77. The fraction of sp³-hybridized carbons (Fsp3) is 0.316. The first-order valence-electron chi connectivity index (χ1n) is 7.97. The van der Waals surface area contributed by atoms with Gasteiger partial charge in [-0.3, -0.25) is 4.79 Å². The van der Waals surface area contributed by atoms with Crippen molar-refractivity contribution in [1.29, 1.82) is 0 Å². The highest BCUT2D eigenvalue weighted by Gasteiger charge is 2.17. The standard InChI is InChI=1S/C19H22N2OS/c1-14(23-17-6-4-3-5-7-17)13-20-19(22)16-8-9-18-15(12-16)10-11-21(18)2/h3-9,12,14H,10-11,13H2,1-2H3,(H,20,22). The van der Waals surface area contributed by atoms with Gasteiger partial charge in [-0.2, -0.15) is 0 Å². The summed E-state index contributed by atoms with van der Waals surface area (Å²) >= 11 is 1.78. The Hall–Kier alpha value is -1.94. The molecular weight excluding hydrogens is 304 g/mol. The molecule has 1 amide bonds. The Morgan fingerprint density at radius 3 is 2.83 bits per heavy atom. The minimum absolute atomic E-state index is 0.0165. The zero-order valence-corrected chi connectivity index (χ0v) is 14.4. The summed E-state index contributed by atoms with van der Waals surface area (Å²) in [6.07, 6.45) is 1.02. The molecule has 1 atom stereocenters. The average Bonchev–Trinajstić information content (AvgIpc) is 2.94. The van der Waals surface area contributed by atoms with Crippen LogP contribution in [0.2, 0.25) is 0 Å². The molecule has 4 heteroatoms. The van der Waals surface area contributed by atoms with Crippen LogP contribution >= 0.6 is 11.8 Å². The largest absolute Gasteiger partial charge is 0.374 e. The third-order valence-corrected chi connectivity index (χ3v) is 5.21. The van der Waals surface area contributed by atoms with Gasteiger partial charge < -0.3 is 10.2 Å². The number of carbonyl (C=O) groups is 1. The van der Waals surface area contributed by atoms with Crippen molar-refractivity contribution in [3.05, 3.63) is 59.7 Å². The van der Waals surface area contributed by atoms with E-state index in [9.17, 15) is 4.79 Å². The summed E-state index contributed by atoms with van der Waals surface area (Å²) in [6.45, 7) is 3.83. The molecule has 0 radical (unpaired) electrons. The highest BCUT2D eigenvalue weighted by atomic mass is 32.2. The molecule has 1 aliphatic heterocycles. The predicted molar refractivity (Wildman–Crippen MR) is 97.5 cm³/mol. The molecule has 0 aromatic heterocycles. The number of carbonyl (C=O) groups excluding carboxylic acids is 1. The number of rotatable bonds is 5. The molecule has 0 fully saturated rings. The molecule has 3 nitrogen and oxygen atoms in total. The van der Waals surface area contributed by atoms with E-state index in [1.165, 1.54) is 16.1 Å². The molecule has 0 aliphatic carbocycles. The van der Waals surface area contributed by atoms with Crippen molar-refractivity contribution in [2.24, 2.45) is 0 Å². The normalized spacial score (nSPS) is 14.4. The van der Waals surface area contributed by atoms with Crippen LogP contribution in [0.5, 0.6) is 0 Å².